The van der Waals surface area contributed by atoms with Crippen molar-refractivity contribution in [2.24, 2.45) is 0 Å². The number of piperidine rings is 1. The lowest BCUT2D eigenvalue weighted by atomic mass is 10.0. The molecule has 2 N–H and O–H groups in total. The van der Waals surface area contributed by atoms with Crippen LogP contribution in [0.2, 0.25) is 0 Å². The van der Waals surface area contributed by atoms with Gasteiger partial charge in [0.2, 0.25) is 0 Å². The first kappa shape index (κ1) is 28.9. The minimum absolute atomic E-state index is 0.144. The average molecular weight is 624 g/mol. The number of β-amino-alcohol motifs (C(OH)–C–C–N with tert-alkyl or cyclic N) is 1. The third-order valence-electron chi connectivity index (χ3n) is 8.14. The predicted molar refractivity (Wildman–Crippen MR) is 169 cm³/mol. The summed E-state index contributed by atoms with van der Waals surface area (Å²) in [5.74, 6) is -0.563. The number of anilines is 1. The normalized spacial score (nSPS) is 14.3. The Labute approximate surface area is 262 Å². The van der Waals surface area contributed by atoms with Crippen molar-refractivity contribution in [3.63, 3.8) is 0 Å². The number of aryl methyl sites for hydroxylation is 1. The third-order valence-corrected chi connectivity index (χ3v) is 8.91. The number of nitrogens with one attached hydrogen (secondary N) is 1. The van der Waals surface area contributed by atoms with E-state index in [2.05, 4.69) is 24.8 Å². The molecule has 1 amide bonds. The average Bonchev–Trinajstić information content (AvgIpc) is 3.82. The molecule has 0 aliphatic carbocycles. The molecule has 45 heavy (non-hydrogen) atoms. The summed E-state index contributed by atoms with van der Waals surface area (Å²) in [4.78, 5) is 33.7. The standard InChI is InChI=1S/C32H30FN9O2S/c1-20-29(24(8-11-35-20)38-32(44)27-16-34-19-45-27)26-17-42-28(37-26)7-6-25(39-42)31-30(21-2-4-22(33)5-3-21)36-18-41(31)23-9-12-40(13-10-23)14-15-43/h2-8,11,16-19,23,43H,9-10,12-15H2,1H3,(H,35,38,44). The van der Waals surface area contributed by atoms with Crippen LogP contribution in [0.3, 0.4) is 0 Å². The van der Waals surface area contributed by atoms with E-state index < -0.39 is 0 Å². The van der Waals surface area contributed by atoms with Gasteiger partial charge >= 0.3 is 0 Å². The van der Waals surface area contributed by atoms with Gasteiger partial charge in [-0.15, -0.1) is 11.3 Å². The maximum absolute atomic E-state index is 13.8. The number of likely N-dealkylation sites (tertiary alicyclic amines) is 1. The zero-order valence-electron chi connectivity index (χ0n) is 24.5. The van der Waals surface area contributed by atoms with Crippen LogP contribution in [0.5, 0.6) is 0 Å². The number of aliphatic hydroxyl groups is 1. The summed E-state index contributed by atoms with van der Waals surface area (Å²) in [5.41, 5.74) is 7.92. The van der Waals surface area contributed by atoms with E-state index in [4.69, 9.17) is 15.1 Å². The molecule has 0 spiro atoms. The number of carbonyl (C=O) groups is 1. The molecule has 13 heteroatoms. The Balaban J connectivity index is 1.28. The van der Waals surface area contributed by atoms with Gasteiger partial charge in [0.25, 0.3) is 5.91 Å². The van der Waals surface area contributed by atoms with Crippen LogP contribution < -0.4 is 5.32 Å². The number of benzene rings is 1. The molecule has 0 bridgehead atoms. The van der Waals surface area contributed by atoms with E-state index >= 15 is 0 Å². The van der Waals surface area contributed by atoms with Gasteiger partial charge in [-0.2, -0.15) is 5.10 Å². The summed E-state index contributed by atoms with van der Waals surface area (Å²) in [7, 11) is 0. The van der Waals surface area contributed by atoms with Gasteiger partial charge in [0.05, 0.1) is 53.6 Å². The largest absolute Gasteiger partial charge is 0.395 e. The van der Waals surface area contributed by atoms with Gasteiger partial charge in [-0.1, -0.05) is 0 Å². The number of imidazole rings is 2. The number of fused-ring (bicyclic) bond motifs is 1. The molecule has 6 heterocycles. The number of pyridine rings is 1. The van der Waals surface area contributed by atoms with E-state index in [0.29, 0.717) is 45.4 Å². The van der Waals surface area contributed by atoms with Gasteiger partial charge in [0.15, 0.2) is 5.65 Å². The Bertz CT molecular complexity index is 1960. The Kier molecular flexibility index (Phi) is 7.88. The maximum Gasteiger partial charge on any atom is 0.267 e. The molecule has 1 saturated heterocycles. The summed E-state index contributed by atoms with van der Waals surface area (Å²) in [6, 6.07) is 12.1. The fraction of sp³-hybridized carbons (Fsp3) is 0.250. The molecule has 1 aliphatic heterocycles. The number of thiazole rings is 1. The van der Waals surface area contributed by atoms with Crippen LogP contribution in [0.1, 0.15) is 34.2 Å². The number of hydrogen-bond donors (Lipinski definition) is 2. The molecule has 1 aromatic carbocycles. The Morgan fingerprint density at radius 2 is 1.91 bits per heavy atom. The Hall–Kier alpha value is -4.85. The monoisotopic (exact) mass is 623 g/mol. The van der Waals surface area contributed by atoms with Gasteiger partial charge in [-0.05, 0) is 62.2 Å². The van der Waals surface area contributed by atoms with Crippen molar-refractivity contribution in [2.75, 3.05) is 31.6 Å². The van der Waals surface area contributed by atoms with Crippen molar-refractivity contribution in [3.05, 3.63) is 89.3 Å². The smallest absolute Gasteiger partial charge is 0.267 e. The minimum Gasteiger partial charge on any atom is -0.395 e. The summed E-state index contributed by atoms with van der Waals surface area (Å²) < 4.78 is 17.7. The Morgan fingerprint density at radius 1 is 1.09 bits per heavy atom. The molecule has 11 nitrogen and oxygen atoms in total. The second kappa shape index (κ2) is 12.3. The van der Waals surface area contributed by atoms with Crippen LogP contribution in [0.15, 0.2) is 72.9 Å². The highest BCUT2D eigenvalue weighted by Crippen LogP contribution is 2.36. The summed E-state index contributed by atoms with van der Waals surface area (Å²) in [6.07, 6.45) is 8.67. The van der Waals surface area contributed by atoms with Crippen LogP contribution in [-0.4, -0.2) is 76.3 Å². The predicted octanol–water partition coefficient (Wildman–Crippen LogP) is 5.11. The first-order valence-electron chi connectivity index (χ1n) is 14.7. The summed E-state index contributed by atoms with van der Waals surface area (Å²) in [6.45, 7) is 4.43. The fourth-order valence-electron chi connectivity index (χ4n) is 5.91. The first-order valence-corrected chi connectivity index (χ1v) is 15.5. The molecule has 5 aromatic heterocycles. The van der Waals surface area contributed by atoms with Crippen LogP contribution in [0.25, 0.3) is 39.5 Å². The number of rotatable bonds is 8. The highest BCUT2D eigenvalue weighted by Gasteiger charge is 2.26. The quantitative estimate of drug-likeness (QED) is 0.240. The number of hydrogen-bond acceptors (Lipinski definition) is 9. The van der Waals surface area contributed by atoms with E-state index in [-0.39, 0.29) is 24.4 Å². The molecule has 228 valence electrons. The topological polar surface area (TPSA) is 126 Å². The second-order valence-electron chi connectivity index (χ2n) is 10.9. The molecule has 0 atom stereocenters. The maximum atomic E-state index is 13.8. The lowest BCUT2D eigenvalue weighted by molar-refractivity contribution is 0.103. The number of halogens is 1. The van der Waals surface area contributed by atoms with Gasteiger partial charge < -0.3 is 19.9 Å². The molecule has 0 unspecified atom stereocenters. The van der Waals surface area contributed by atoms with Crippen molar-refractivity contribution < 1.29 is 14.3 Å². The molecule has 0 radical (unpaired) electrons. The molecular formula is C32H30FN9O2S. The van der Waals surface area contributed by atoms with Gasteiger partial charge in [0.1, 0.15) is 16.4 Å². The lowest BCUT2D eigenvalue weighted by Gasteiger charge is -2.32. The number of amides is 1. The number of nitrogens with zero attached hydrogens (tertiary/aromatic N) is 8. The molecule has 7 rings (SSSR count). The summed E-state index contributed by atoms with van der Waals surface area (Å²) >= 11 is 1.27. The third kappa shape index (κ3) is 5.72. The first-order chi connectivity index (χ1) is 22.0. The molecule has 0 saturated carbocycles. The van der Waals surface area contributed by atoms with E-state index in [9.17, 15) is 14.3 Å². The van der Waals surface area contributed by atoms with E-state index in [1.54, 1.807) is 34.4 Å². The second-order valence-corrected chi connectivity index (χ2v) is 11.8. The number of aliphatic hydroxyl groups excluding tert-OH is 1. The van der Waals surface area contributed by atoms with Crippen molar-refractivity contribution in [1.29, 1.82) is 0 Å². The number of aromatic nitrogens is 7. The van der Waals surface area contributed by atoms with Crippen LogP contribution in [-0.2, 0) is 0 Å². The SMILES string of the molecule is Cc1nccc(NC(=O)c2cncs2)c1-c1cn2nc(-c3c(-c4ccc(F)cc4)ncn3C3CCN(CCO)CC3)ccc2n1. The van der Waals surface area contributed by atoms with Crippen LogP contribution in [0.4, 0.5) is 10.1 Å². The van der Waals surface area contributed by atoms with Gasteiger partial charge in [-0.3, -0.25) is 14.8 Å². The van der Waals surface area contributed by atoms with Crippen LogP contribution >= 0.6 is 11.3 Å². The van der Waals surface area contributed by atoms with Crippen molar-refractivity contribution in [2.45, 2.75) is 25.8 Å². The van der Waals surface area contributed by atoms with Gasteiger partial charge in [-0.25, -0.2) is 18.9 Å². The molecule has 1 fully saturated rings. The molecule has 1 aliphatic rings. The fourth-order valence-corrected chi connectivity index (χ4v) is 6.42. The molecule has 6 aromatic rings. The summed E-state index contributed by atoms with van der Waals surface area (Å²) in [5, 5.41) is 17.4. The zero-order valence-corrected chi connectivity index (χ0v) is 25.3. The van der Waals surface area contributed by atoms with Crippen molar-refractivity contribution in [1.82, 2.24) is 39.0 Å². The highest BCUT2D eigenvalue weighted by atomic mass is 32.1. The molecular weight excluding hydrogens is 593 g/mol. The van der Waals surface area contributed by atoms with E-state index in [1.807, 2.05) is 31.6 Å². The minimum atomic E-state index is -0.310. The highest BCUT2D eigenvalue weighted by molar-refractivity contribution is 7.11. The van der Waals surface area contributed by atoms with Crippen molar-refractivity contribution in [3.8, 4) is 33.9 Å². The lowest BCUT2D eigenvalue weighted by Crippen LogP contribution is -2.36. The number of carbonyl (C=O) groups excluding carboxylic acids is 1. The van der Waals surface area contributed by atoms with E-state index in [1.165, 1.54) is 29.7 Å². The van der Waals surface area contributed by atoms with Gasteiger partial charge in [0, 0.05) is 48.7 Å². The van der Waals surface area contributed by atoms with Crippen LogP contribution in [0, 0.1) is 12.7 Å². The van der Waals surface area contributed by atoms with E-state index in [0.717, 1.165) is 42.9 Å². The zero-order chi connectivity index (χ0) is 30.9. The Morgan fingerprint density at radius 3 is 2.67 bits per heavy atom. The van der Waals surface area contributed by atoms with Crippen molar-refractivity contribution >= 4 is 28.6 Å².